The van der Waals surface area contributed by atoms with Gasteiger partial charge in [0, 0.05) is 10.7 Å². The predicted octanol–water partition coefficient (Wildman–Crippen LogP) is 5.58. The lowest BCUT2D eigenvalue weighted by molar-refractivity contribution is -0.130. The quantitative estimate of drug-likeness (QED) is 0.247. The van der Waals surface area contributed by atoms with Crippen molar-refractivity contribution in [1.82, 2.24) is 4.90 Å². The number of nitrogens with zero attached hydrogens (tertiary/aromatic N) is 2. The monoisotopic (exact) mass is 488 g/mol. The zero-order valence-electron chi connectivity index (χ0n) is 19.5. The van der Waals surface area contributed by atoms with Crippen LogP contribution >= 0.6 is 11.6 Å². The number of hydrogen-bond acceptors (Lipinski definition) is 4. The van der Waals surface area contributed by atoms with Crippen molar-refractivity contribution in [3.05, 3.63) is 94.0 Å². The fourth-order valence-electron chi connectivity index (χ4n) is 4.63. The highest BCUT2D eigenvalue weighted by Crippen LogP contribution is 2.45. The Labute approximate surface area is 209 Å². The molecule has 0 radical (unpaired) electrons. The summed E-state index contributed by atoms with van der Waals surface area (Å²) in [6, 6.07) is 18.1. The largest absolute Gasteiger partial charge is 0.494 e. The average Bonchev–Trinajstić information content (AvgIpc) is 3.11. The number of aryl methyl sites for hydroxylation is 1. The SMILES string of the molecule is CCCCOc1ccc([C@@H]2[C@H](N3C(=O)c4ccccc4C3=O)C(=O)N2c2ccc(C)c(Cl)c2)cc1. The van der Waals surface area contributed by atoms with Crippen molar-refractivity contribution in [2.75, 3.05) is 11.5 Å². The van der Waals surface area contributed by atoms with E-state index < -0.39 is 23.9 Å². The van der Waals surface area contributed by atoms with Crippen LogP contribution in [0, 0.1) is 6.92 Å². The van der Waals surface area contributed by atoms with Crippen molar-refractivity contribution in [2.45, 2.75) is 38.8 Å². The third-order valence-electron chi connectivity index (χ3n) is 6.59. The van der Waals surface area contributed by atoms with E-state index in [9.17, 15) is 14.4 Å². The summed E-state index contributed by atoms with van der Waals surface area (Å²) in [7, 11) is 0. The molecule has 0 bridgehead atoms. The van der Waals surface area contributed by atoms with E-state index in [1.165, 1.54) is 0 Å². The van der Waals surface area contributed by atoms with Crippen molar-refractivity contribution in [1.29, 1.82) is 0 Å². The Kier molecular flexibility index (Phi) is 6.07. The van der Waals surface area contributed by atoms with Gasteiger partial charge < -0.3 is 9.64 Å². The van der Waals surface area contributed by atoms with E-state index in [1.807, 2.05) is 43.3 Å². The summed E-state index contributed by atoms with van der Waals surface area (Å²) in [5, 5.41) is 0.540. The highest BCUT2D eigenvalue weighted by Gasteiger charge is 2.57. The molecule has 1 fully saturated rings. The third-order valence-corrected chi connectivity index (χ3v) is 7.00. The van der Waals surface area contributed by atoms with Gasteiger partial charge in [0.25, 0.3) is 17.7 Å². The van der Waals surface area contributed by atoms with Crippen molar-refractivity contribution < 1.29 is 19.1 Å². The minimum Gasteiger partial charge on any atom is -0.494 e. The molecule has 35 heavy (non-hydrogen) atoms. The average molecular weight is 489 g/mol. The smallest absolute Gasteiger partial charge is 0.262 e. The summed E-state index contributed by atoms with van der Waals surface area (Å²) in [6.45, 7) is 4.62. The Morgan fingerprint density at radius 3 is 2.11 bits per heavy atom. The maximum Gasteiger partial charge on any atom is 0.262 e. The molecular formula is C28H25ClN2O4. The summed E-state index contributed by atoms with van der Waals surface area (Å²) in [5.74, 6) is -0.493. The zero-order valence-corrected chi connectivity index (χ0v) is 20.3. The molecule has 0 unspecified atom stereocenters. The number of halogens is 1. The zero-order chi connectivity index (χ0) is 24.7. The molecule has 2 aliphatic heterocycles. The van der Waals surface area contributed by atoms with Gasteiger partial charge in [-0.1, -0.05) is 55.3 Å². The summed E-state index contributed by atoms with van der Waals surface area (Å²) >= 11 is 6.36. The molecule has 1 saturated heterocycles. The Morgan fingerprint density at radius 2 is 1.51 bits per heavy atom. The molecule has 3 aromatic carbocycles. The van der Waals surface area contributed by atoms with Gasteiger partial charge in [0.2, 0.25) is 0 Å². The number of imide groups is 1. The van der Waals surface area contributed by atoms with E-state index in [4.69, 9.17) is 16.3 Å². The number of β-lactam (4-membered cyclic amide) rings is 1. The van der Waals surface area contributed by atoms with Crippen LogP contribution in [0.1, 0.15) is 57.7 Å². The molecule has 6 nitrogen and oxygen atoms in total. The first-order chi connectivity index (χ1) is 16.9. The van der Waals surface area contributed by atoms with E-state index >= 15 is 0 Å². The number of anilines is 1. The van der Waals surface area contributed by atoms with Gasteiger partial charge in [-0.3, -0.25) is 19.3 Å². The van der Waals surface area contributed by atoms with Gasteiger partial charge in [-0.2, -0.15) is 0 Å². The third kappa shape index (κ3) is 3.88. The highest BCUT2D eigenvalue weighted by molar-refractivity contribution is 6.32. The van der Waals surface area contributed by atoms with Crippen LogP contribution in [0.5, 0.6) is 5.75 Å². The van der Waals surface area contributed by atoms with Crippen molar-refractivity contribution >= 4 is 35.0 Å². The highest BCUT2D eigenvalue weighted by atomic mass is 35.5. The van der Waals surface area contributed by atoms with E-state index in [-0.39, 0.29) is 5.91 Å². The van der Waals surface area contributed by atoms with E-state index in [1.54, 1.807) is 35.2 Å². The summed E-state index contributed by atoms with van der Waals surface area (Å²) in [6.07, 6.45) is 2.00. The Morgan fingerprint density at radius 1 is 0.857 bits per heavy atom. The second-order valence-corrected chi connectivity index (χ2v) is 9.24. The van der Waals surface area contributed by atoms with Crippen LogP contribution in [-0.2, 0) is 4.79 Å². The molecule has 2 aliphatic rings. The van der Waals surface area contributed by atoms with Gasteiger partial charge in [0.15, 0.2) is 0 Å². The van der Waals surface area contributed by atoms with Crippen LogP contribution in [-0.4, -0.2) is 35.3 Å². The van der Waals surface area contributed by atoms with Crippen LogP contribution in [0.15, 0.2) is 66.7 Å². The van der Waals surface area contributed by atoms with Crippen LogP contribution < -0.4 is 9.64 Å². The molecule has 0 N–H and O–H groups in total. The molecule has 3 aromatic rings. The molecule has 0 saturated carbocycles. The first kappa shape index (κ1) is 23.1. The molecule has 0 spiro atoms. The number of fused-ring (bicyclic) bond motifs is 1. The van der Waals surface area contributed by atoms with Crippen molar-refractivity contribution in [2.24, 2.45) is 0 Å². The van der Waals surface area contributed by atoms with Gasteiger partial charge in [-0.25, -0.2) is 0 Å². The van der Waals surface area contributed by atoms with Gasteiger partial charge in [0.1, 0.15) is 11.8 Å². The van der Waals surface area contributed by atoms with Gasteiger partial charge >= 0.3 is 0 Å². The van der Waals surface area contributed by atoms with E-state index in [0.29, 0.717) is 28.4 Å². The summed E-state index contributed by atoms with van der Waals surface area (Å²) < 4.78 is 5.78. The van der Waals surface area contributed by atoms with Gasteiger partial charge in [0.05, 0.1) is 23.8 Å². The Hall–Kier alpha value is -3.64. The molecular weight excluding hydrogens is 464 g/mol. The second-order valence-electron chi connectivity index (χ2n) is 8.83. The Bertz CT molecular complexity index is 1290. The number of carbonyl (C=O) groups is 3. The van der Waals surface area contributed by atoms with Gasteiger partial charge in [-0.05, 0) is 60.9 Å². The normalized spacial score (nSPS) is 19.1. The van der Waals surface area contributed by atoms with E-state index in [2.05, 4.69) is 6.92 Å². The van der Waals surface area contributed by atoms with Crippen LogP contribution in [0.3, 0.4) is 0 Å². The number of unbranched alkanes of at least 4 members (excludes halogenated alkanes) is 1. The number of rotatable bonds is 7. The molecule has 5 rings (SSSR count). The first-order valence-electron chi connectivity index (χ1n) is 11.7. The molecule has 3 amide bonds. The fraction of sp³-hybridized carbons (Fsp3) is 0.250. The standard InChI is InChI=1S/C28H25ClN2O4/c1-3-4-15-35-20-13-10-18(11-14-20)24-25(28(34)30(24)19-12-9-17(2)23(29)16-19)31-26(32)21-7-5-6-8-22(21)27(31)33/h5-14,16,24-25H,3-4,15H2,1-2H3/t24-,25+/m1/s1. The van der Waals surface area contributed by atoms with Crippen LogP contribution in [0.25, 0.3) is 0 Å². The lowest BCUT2D eigenvalue weighted by atomic mass is 9.86. The topological polar surface area (TPSA) is 66.9 Å². The fourth-order valence-corrected chi connectivity index (χ4v) is 4.81. The molecule has 2 heterocycles. The molecule has 0 aromatic heterocycles. The number of amides is 3. The van der Waals surface area contributed by atoms with Crippen LogP contribution in [0.2, 0.25) is 5.02 Å². The van der Waals surface area contributed by atoms with Crippen molar-refractivity contribution in [3.8, 4) is 5.75 Å². The molecule has 7 heteroatoms. The number of hydrogen-bond donors (Lipinski definition) is 0. The summed E-state index contributed by atoms with van der Waals surface area (Å²) in [5.41, 5.74) is 2.95. The second kappa shape index (κ2) is 9.19. The van der Waals surface area contributed by atoms with E-state index in [0.717, 1.165) is 34.6 Å². The van der Waals surface area contributed by atoms with Crippen molar-refractivity contribution in [3.63, 3.8) is 0 Å². The Balaban J connectivity index is 1.52. The maximum atomic E-state index is 13.5. The van der Waals surface area contributed by atoms with Gasteiger partial charge in [-0.15, -0.1) is 0 Å². The lowest BCUT2D eigenvalue weighted by Crippen LogP contribution is -2.67. The minimum atomic E-state index is -0.950. The first-order valence-corrected chi connectivity index (χ1v) is 12.1. The molecule has 2 atom stereocenters. The number of carbonyl (C=O) groups excluding carboxylic acids is 3. The molecule has 0 aliphatic carbocycles. The summed E-state index contributed by atoms with van der Waals surface area (Å²) in [4.78, 5) is 42.6. The van der Waals surface area contributed by atoms with Crippen LogP contribution in [0.4, 0.5) is 5.69 Å². The minimum absolute atomic E-state index is 0.320. The number of ether oxygens (including phenoxy) is 1. The predicted molar refractivity (Wildman–Crippen MR) is 134 cm³/mol. The lowest BCUT2D eigenvalue weighted by Gasteiger charge is -2.49. The number of benzene rings is 3. The molecule has 178 valence electrons. The maximum absolute atomic E-state index is 13.5.